The second kappa shape index (κ2) is 8.23. The number of nitrogens with zero attached hydrogens (tertiary/aromatic N) is 1. The number of hydrogen-bond acceptors (Lipinski definition) is 3. The Labute approximate surface area is 161 Å². The number of sulfonamides is 1. The lowest BCUT2D eigenvalue weighted by Gasteiger charge is -2.20. The summed E-state index contributed by atoms with van der Waals surface area (Å²) < 4.78 is 27.2. The molecule has 144 valence electrons. The molecule has 1 amide bonds. The summed E-state index contributed by atoms with van der Waals surface area (Å²) in [5.74, 6) is -0.248. The number of amides is 1. The Morgan fingerprint density at radius 2 is 1.56 bits per heavy atom. The van der Waals surface area contributed by atoms with Crippen LogP contribution in [0.4, 0.5) is 5.69 Å². The van der Waals surface area contributed by atoms with E-state index in [-0.39, 0.29) is 10.8 Å². The highest BCUT2D eigenvalue weighted by molar-refractivity contribution is 7.89. The van der Waals surface area contributed by atoms with E-state index in [1.807, 2.05) is 32.0 Å². The summed E-state index contributed by atoms with van der Waals surface area (Å²) in [6.07, 6.45) is 3.94. The standard InChI is InChI=1S/C21H26N2O3S/c1-16-7-8-17(2)20(15-16)22-21(24)18-9-11-19(12-10-18)27(25,26)23-13-5-3-4-6-14-23/h7-12,15H,3-6,13-14H2,1-2H3,(H,22,24). The maximum atomic E-state index is 12.8. The lowest BCUT2D eigenvalue weighted by molar-refractivity contribution is 0.102. The molecule has 0 saturated carbocycles. The van der Waals surface area contributed by atoms with Gasteiger partial charge in [-0.2, -0.15) is 4.31 Å². The van der Waals surface area contributed by atoms with Gasteiger partial charge in [-0.15, -0.1) is 0 Å². The number of nitrogens with one attached hydrogen (secondary N) is 1. The number of aryl methyl sites for hydroxylation is 2. The maximum Gasteiger partial charge on any atom is 0.255 e. The van der Waals surface area contributed by atoms with E-state index >= 15 is 0 Å². The summed E-state index contributed by atoms with van der Waals surface area (Å²) in [7, 11) is -3.50. The van der Waals surface area contributed by atoms with Crippen LogP contribution in [-0.2, 0) is 10.0 Å². The zero-order valence-electron chi connectivity index (χ0n) is 15.9. The second-order valence-electron chi connectivity index (χ2n) is 7.12. The molecule has 1 fully saturated rings. The Morgan fingerprint density at radius 3 is 2.19 bits per heavy atom. The van der Waals surface area contributed by atoms with Gasteiger partial charge in [0.2, 0.25) is 10.0 Å². The van der Waals surface area contributed by atoms with Gasteiger partial charge in [-0.3, -0.25) is 4.79 Å². The van der Waals surface area contributed by atoms with Crippen molar-refractivity contribution in [3.05, 3.63) is 59.2 Å². The quantitative estimate of drug-likeness (QED) is 0.859. The molecular formula is C21H26N2O3S. The number of rotatable bonds is 4. The van der Waals surface area contributed by atoms with E-state index in [0.717, 1.165) is 42.5 Å². The van der Waals surface area contributed by atoms with Crippen molar-refractivity contribution >= 4 is 21.6 Å². The van der Waals surface area contributed by atoms with Gasteiger partial charge in [0.15, 0.2) is 0 Å². The molecule has 1 N–H and O–H groups in total. The van der Waals surface area contributed by atoms with Crippen LogP contribution in [0.5, 0.6) is 0 Å². The third-order valence-corrected chi connectivity index (χ3v) is 6.87. The molecular weight excluding hydrogens is 360 g/mol. The van der Waals surface area contributed by atoms with Gasteiger partial charge in [0.05, 0.1) is 4.90 Å². The molecule has 0 aliphatic carbocycles. The van der Waals surface area contributed by atoms with Crippen LogP contribution in [0.1, 0.15) is 47.2 Å². The van der Waals surface area contributed by atoms with Crippen LogP contribution in [0.25, 0.3) is 0 Å². The third-order valence-electron chi connectivity index (χ3n) is 4.96. The first kappa shape index (κ1) is 19.6. The molecule has 1 aliphatic rings. The molecule has 0 bridgehead atoms. The highest BCUT2D eigenvalue weighted by atomic mass is 32.2. The molecule has 0 spiro atoms. The van der Waals surface area contributed by atoms with Gasteiger partial charge in [-0.25, -0.2) is 8.42 Å². The fourth-order valence-electron chi connectivity index (χ4n) is 3.27. The Balaban J connectivity index is 1.76. The Hall–Kier alpha value is -2.18. The molecule has 2 aromatic rings. The highest BCUT2D eigenvalue weighted by Crippen LogP contribution is 2.22. The van der Waals surface area contributed by atoms with Gasteiger partial charge in [0.1, 0.15) is 0 Å². The molecule has 0 aromatic heterocycles. The topological polar surface area (TPSA) is 66.5 Å². The minimum absolute atomic E-state index is 0.243. The normalized spacial score (nSPS) is 15.9. The Bertz CT molecular complexity index is 913. The molecule has 1 saturated heterocycles. The Morgan fingerprint density at radius 1 is 0.926 bits per heavy atom. The van der Waals surface area contributed by atoms with Gasteiger partial charge in [-0.1, -0.05) is 25.0 Å². The predicted octanol–water partition coefficient (Wildman–Crippen LogP) is 4.12. The number of anilines is 1. The van der Waals surface area contributed by atoms with E-state index < -0.39 is 10.0 Å². The summed E-state index contributed by atoms with van der Waals surface area (Å²) >= 11 is 0. The molecule has 27 heavy (non-hydrogen) atoms. The zero-order valence-corrected chi connectivity index (χ0v) is 16.7. The van der Waals surface area contributed by atoms with Gasteiger partial charge >= 0.3 is 0 Å². The molecule has 0 unspecified atom stereocenters. The smallest absolute Gasteiger partial charge is 0.255 e. The fraction of sp³-hybridized carbons (Fsp3) is 0.381. The fourth-order valence-corrected chi connectivity index (χ4v) is 4.79. The zero-order chi connectivity index (χ0) is 19.4. The average Bonchev–Trinajstić information content (AvgIpc) is 2.95. The molecule has 5 nitrogen and oxygen atoms in total. The molecule has 6 heteroatoms. The monoisotopic (exact) mass is 386 g/mol. The molecule has 1 aliphatic heterocycles. The first-order valence-corrected chi connectivity index (χ1v) is 10.8. The molecule has 0 radical (unpaired) electrons. The summed E-state index contributed by atoms with van der Waals surface area (Å²) in [5, 5.41) is 2.90. The number of carbonyl (C=O) groups is 1. The molecule has 1 heterocycles. The number of carbonyl (C=O) groups excluding carboxylic acids is 1. The van der Waals surface area contributed by atoms with Crippen LogP contribution in [0.2, 0.25) is 0 Å². The summed E-state index contributed by atoms with van der Waals surface area (Å²) in [6.45, 7) is 5.04. The second-order valence-corrected chi connectivity index (χ2v) is 9.05. The van der Waals surface area contributed by atoms with Gasteiger partial charge < -0.3 is 5.32 Å². The first-order valence-electron chi connectivity index (χ1n) is 9.37. The Kier molecular flexibility index (Phi) is 5.97. The summed E-state index contributed by atoms with van der Waals surface area (Å²) in [5.41, 5.74) is 3.25. The van der Waals surface area contributed by atoms with Crippen LogP contribution in [0.15, 0.2) is 47.4 Å². The van der Waals surface area contributed by atoms with Crippen LogP contribution in [-0.4, -0.2) is 31.7 Å². The largest absolute Gasteiger partial charge is 0.322 e. The maximum absolute atomic E-state index is 12.8. The van der Waals surface area contributed by atoms with Crippen molar-refractivity contribution < 1.29 is 13.2 Å². The molecule has 2 aromatic carbocycles. The molecule has 3 rings (SSSR count). The third kappa shape index (κ3) is 4.57. The van der Waals surface area contributed by atoms with Gasteiger partial charge in [-0.05, 0) is 68.1 Å². The van der Waals surface area contributed by atoms with Crippen molar-refractivity contribution in [3.8, 4) is 0 Å². The van der Waals surface area contributed by atoms with E-state index in [2.05, 4.69) is 5.32 Å². The van der Waals surface area contributed by atoms with Crippen LogP contribution >= 0.6 is 0 Å². The lowest BCUT2D eigenvalue weighted by Crippen LogP contribution is -2.31. The number of hydrogen-bond donors (Lipinski definition) is 1. The van der Waals surface area contributed by atoms with Gasteiger partial charge in [0, 0.05) is 24.3 Å². The predicted molar refractivity (Wildman–Crippen MR) is 108 cm³/mol. The SMILES string of the molecule is Cc1ccc(C)c(NC(=O)c2ccc(S(=O)(=O)N3CCCCCC3)cc2)c1. The minimum atomic E-state index is -3.50. The van der Waals surface area contributed by atoms with Crippen LogP contribution in [0.3, 0.4) is 0 Å². The minimum Gasteiger partial charge on any atom is -0.322 e. The molecule has 0 atom stereocenters. The van der Waals surface area contributed by atoms with E-state index in [9.17, 15) is 13.2 Å². The van der Waals surface area contributed by atoms with Crippen LogP contribution in [0, 0.1) is 13.8 Å². The average molecular weight is 387 g/mol. The summed E-state index contributed by atoms with van der Waals surface area (Å²) in [6, 6.07) is 12.1. The van der Waals surface area contributed by atoms with Crippen molar-refractivity contribution in [3.63, 3.8) is 0 Å². The van der Waals surface area contributed by atoms with Crippen molar-refractivity contribution in [2.24, 2.45) is 0 Å². The summed E-state index contributed by atoms with van der Waals surface area (Å²) in [4.78, 5) is 12.8. The first-order chi connectivity index (χ1) is 12.9. The number of benzene rings is 2. The van der Waals surface area contributed by atoms with Gasteiger partial charge in [0.25, 0.3) is 5.91 Å². The van der Waals surface area contributed by atoms with Crippen molar-refractivity contribution in [2.45, 2.75) is 44.4 Å². The van der Waals surface area contributed by atoms with E-state index in [1.54, 1.807) is 16.4 Å². The lowest BCUT2D eigenvalue weighted by atomic mass is 10.1. The van der Waals surface area contributed by atoms with E-state index in [0.29, 0.717) is 18.7 Å². The van der Waals surface area contributed by atoms with E-state index in [4.69, 9.17) is 0 Å². The van der Waals surface area contributed by atoms with Crippen molar-refractivity contribution in [2.75, 3.05) is 18.4 Å². The van der Waals surface area contributed by atoms with Crippen molar-refractivity contribution in [1.29, 1.82) is 0 Å². The van der Waals surface area contributed by atoms with E-state index in [1.165, 1.54) is 12.1 Å². The van der Waals surface area contributed by atoms with Crippen LogP contribution < -0.4 is 5.32 Å². The highest BCUT2D eigenvalue weighted by Gasteiger charge is 2.25. The van der Waals surface area contributed by atoms with Crippen molar-refractivity contribution in [1.82, 2.24) is 4.31 Å².